The fourth-order valence-corrected chi connectivity index (χ4v) is 5.85. The molecule has 130 valence electrons. The van der Waals surface area contributed by atoms with E-state index in [1.165, 1.54) is 38.5 Å². The Kier molecular flexibility index (Phi) is 4.28. The van der Waals surface area contributed by atoms with Crippen LogP contribution >= 0.6 is 0 Å². The smallest absolute Gasteiger partial charge is 0.223 e. The average molecular weight is 327 g/mol. The molecule has 4 saturated carbocycles. The quantitative estimate of drug-likeness (QED) is 0.854. The Hall–Kier alpha value is -1.51. The van der Waals surface area contributed by atoms with Gasteiger partial charge >= 0.3 is 0 Å². The van der Waals surface area contributed by atoms with Crippen molar-refractivity contribution >= 4 is 5.91 Å². The summed E-state index contributed by atoms with van der Waals surface area (Å²) < 4.78 is 5.74. The van der Waals surface area contributed by atoms with Gasteiger partial charge in [0.2, 0.25) is 5.91 Å². The van der Waals surface area contributed by atoms with E-state index in [0.717, 1.165) is 35.6 Å². The van der Waals surface area contributed by atoms with Crippen LogP contribution in [0.4, 0.5) is 0 Å². The maximum absolute atomic E-state index is 12.2. The van der Waals surface area contributed by atoms with Crippen LogP contribution in [0.5, 0.6) is 5.75 Å². The molecule has 3 heteroatoms. The van der Waals surface area contributed by atoms with Crippen molar-refractivity contribution in [2.45, 2.75) is 51.9 Å². The van der Waals surface area contributed by atoms with Gasteiger partial charge in [0.05, 0.1) is 13.0 Å². The number of nitrogens with one attached hydrogen (secondary N) is 1. The van der Waals surface area contributed by atoms with Crippen molar-refractivity contribution in [1.82, 2.24) is 5.32 Å². The lowest BCUT2D eigenvalue weighted by Crippen LogP contribution is -2.51. The summed E-state index contributed by atoms with van der Waals surface area (Å²) in [5, 5.41) is 3.22. The van der Waals surface area contributed by atoms with Crippen LogP contribution < -0.4 is 10.1 Å². The van der Waals surface area contributed by atoms with Gasteiger partial charge in [0.1, 0.15) is 5.75 Å². The minimum Gasteiger partial charge on any atom is -0.493 e. The van der Waals surface area contributed by atoms with E-state index in [0.29, 0.717) is 18.4 Å². The number of carbonyl (C=O) groups excluding carboxylic acids is 1. The molecule has 0 unspecified atom stereocenters. The molecule has 5 rings (SSSR count). The third-order valence-corrected chi connectivity index (χ3v) is 6.51. The summed E-state index contributed by atoms with van der Waals surface area (Å²) in [6.45, 7) is 3.37. The molecule has 24 heavy (non-hydrogen) atoms. The van der Waals surface area contributed by atoms with Crippen LogP contribution in [-0.4, -0.2) is 19.1 Å². The van der Waals surface area contributed by atoms with Crippen LogP contribution in [0.25, 0.3) is 0 Å². The predicted molar refractivity (Wildman–Crippen MR) is 94.9 cm³/mol. The van der Waals surface area contributed by atoms with Crippen LogP contribution in [0.1, 0.15) is 50.5 Å². The lowest BCUT2D eigenvalue weighted by molar-refractivity contribution is -0.123. The monoisotopic (exact) mass is 327 g/mol. The van der Waals surface area contributed by atoms with Crippen molar-refractivity contribution in [3.8, 4) is 5.75 Å². The summed E-state index contributed by atoms with van der Waals surface area (Å²) in [5.41, 5.74) is 1.54. The zero-order valence-electron chi connectivity index (χ0n) is 14.7. The third kappa shape index (κ3) is 3.31. The van der Waals surface area contributed by atoms with Gasteiger partial charge in [-0.2, -0.15) is 0 Å². The van der Waals surface area contributed by atoms with Gasteiger partial charge in [0.15, 0.2) is 0 Å². The number of amides is 1. The molecule has 4 aliphatic rings. The molecule has 0 radical (unpaired) electrons. The second-order valence-corrected chi connectivity index (χ2v) is 8.56. The van der Waals surface area contributed by atoms with E-state index in [1.807, 2.05) is 31.2 Å². The number of benzene rings is 1. The molecule has 4 bridgehead atoms. The Morgan fingerprint density at radius 2 is 1.75 bits per heavy atom. The van der Waals surface area contributed by atoms with Crippen LogP contribution in [0.3, 0.4) is 0 Å². The van der Waals surface area contributed by atoms with E-state index in [-0.39, 0.29) is 5.91 Å². The molecule has 1 aromatic carbocycles. The minimum atomic E-state index is 0.138. The van der Waals surface area contributed by atoms with Crippen molar-refractivity contribution in [3.05, 3.63) is 29.8 Å². The Labute approximate surface area is 145 Å². The van der Waals surface area contributed by atoms with E-state index in [9.17, 15) is 4.79 Å². The first-order valence-corrected chi connectivity index (χ1v) is 9.57. The third-order valence-electron chi connectivity index (χ3n) is 6.51. The van der Waals surface area contributed by atoms with Crippen LogP contribution in [-0.2, 0) is 4.79 Å². The topological polar surface area (TPSA) is 38.3 Å². The van der Waals surface area contributed by atoms with Crippen LogP contribution in [0.2, 0.25) is 0 Å². The average Bonchev–Trinajstić information content (AvgIpc) is 2.54. The van der Waals surface area contributed by atoms with Gasteiger partial charge in [-0.15, -0.1) is 0 Å². The lowest BCUT2D eigenvalue weighted by Gasteiger charge is -2.56. The van der Waals surface area contributed by atoms with E-state index in [4.69, 9.17) is 4.74 Å². The number of aryl methyl sites for hydroxylation is 1. The zero-order valence-corrected chi connectivity index (χ0v) is 14.7. The molecule has 4 aliphatic carbocycles. The number of hydrogen-bond donors (Lipinski definition) is 1. The summed E-state index contributed by atoms with van der Waals surface area (Å²) in [5.74, 6) is 3.85. The first-order chi connectivity index (χ1) is 11.6. The Balaban J connectivity index is 1.23. The van der Waals surface area contributed by atoms with E-state index >= 15 is 0 Å². The van der Waals surface area contributed by atoms with Gasteiger partial charge in [0.25, 0.3) is 0 Å². The summed E-state index contributed by atoms with van der Waals surface area (Å²) in [4.78, 5) is 12.2. The SMILES string of the molecule is Cc1ccccc1OCCC(=O)NCC12CC3CC(CC(C3)C1)C2. The number of rotatable bonds is 6. The van der Waals surface area contributed by atoms with Gasteiger partial charge < -0.3 is 10.1 Å². The molecule has 0 aromatic heterocycles. The van der Waals surface area contributed by atoms with E-state index < -0.39 is 0 Å². The molecular formula is C21H29NO2. The van der Waals surface area contributed by atoms with Crippen LogP contribution in [0.15, 0.2) is 24.3 Å². The first-order valence-electron chi connectivity index (χ1n) is 9.57. The molecule has 1 amide bonds. The summed E-state index contributed by atoms with van der Waals surface area (Å²) in [7, 11) is 0. The highest BCUT2D eigenvalue weighted by Gasteiger charge is 2.50. The Bertz CT molecular complexity index is 574. The number of ether oxygens (including phenoxy) is 1. The largest absolute Gasteiger partial charge is 0.493 e. The van der Waals surface area contributed by atoms with Crippen molar-refractivity contribution in [3.63, 3.8) is 0 Å². The van der Waals surface area contributed by atoms with Crippen molar-refractivity contribution in [1.29, 1.82) is 0 Å². The highest BCUT2D eigenvalue weighted by Crippen LogP contribution is 2.59. The summed E-state index contributed by atoms with van der Waals surface area (Å²) in [6.07, 6.45) is 8.85. The molecule has 0 spiro atoms. The molecule has 1 N–H and O–H groups in total. The lowest BCUT2D eigenvalue weighted by atomic mass is 9.49. The maximum atomic E-state index is 12.2. The minimum absolute atomic E-state index is 0.138. The fourth-order valence-electron chi connectivity index (χ4n) is 5.85. The Morgan fingerprint density at radius 1 is 1.12 bits per heavy atom. The molecule has 1 aromatic rings. The second kappa shape index (κ2) is 6.42. The first kappa shape index (κ1) is 16.0. The van der Waals surface area contributed by atoms with Crippen LogP contribution in [0, 0.1) is 30.1 Å². The molecular weight excluding hydrogens is 298 g/mol. The highest BCUT2D eigenvalue weighted by molar-refractivity contribution is 5.76. The van der Waals surface area contributed by atoms with Gasteiger partial charge in [0, 0.05) is 6.54 Å². The van der Waals surface area contributed by atoms with Crippen molar-refractivity contribution in [2.24, 2.45) is 23.2 Å². The van der Waals surface area contributed by atoms with Gasteiger partial charge in [-0.25, -0.2) is 0 Å². The summed E-state index contributed by atoms with van der Waals surface area (Å²) in [6, 6.07) is 7.96. The maximum Gasteiger partial charge on any atom is 0.223 e. The normalized spacial score (nSPS) is 33.5. The predicted octanol–water partition coefficient (Wildman–Crippen LogP) is 4.10. The standard InChI is InChI=1S/C21H29NO2/c1-15-4-2-3-5-19(15)24-7-6-20(23)22-14-21-11-16-8-17(12-21)10-18(9-16)13-21/h2-5,16-18H,6-14H2,1H3,(H,22,23). The van der Waals surface area contributed by atoms with Gasteiger partial charge in [-0.1, -0.05) is 18.2 Å². The second-order valence-electron chi connectivity index (χ2n) is 8.56. The number of carbonyl (C=O) groups is 1. The molecule has 0 saturated heterocycles. The van der Waals surface area contributed by atoms with Crippen molar-refractivity contribution in [2.75, 3.05) is 13.2 Å². The molecule has 0 atom stereocenters. The molecule has 0 heterocycles. The summed E-state index contributed by atoms with van der Waals surface area (Å²) >= 11 is 0. The van der Waals surface area contributed by atoms with Gasteiger partial charge in [-0.3, -0.25) is 4.79 Å². The molecule has 0 aliphatic heterocycles. The Morgan fingerprint density at radius 3 is 2.38 bits per heavy atom. The fraction of sp³-hybridized carbons (Fsp3) is 0.667. The highest BCUT2D eigenvalue weighted by atomic mass is 16.5. The molecule has 3 nitrogen and oxygen atoms in total. The number of para-hydroxylation sites is 1. The van der Waals surface area contributed by atoms with Crippen molar-refractivity contribution < 1.29 is 9.53 Å². The van der Waals surface area contributed by atoms with Gasteiger partial charge in [-0.05, 0) is 80.2 Å². The number of hydrogen-bond acceptors (Lipinski definition) is 2. The zero-order chi connectivity index (χ0) is 16.6. The van der Waals surface area contributed by atoms with E-state index in [2.05, 4.69) is 5.32 Å². The molecule has 4 fully saturated rings. The van der Waals surface area contributed by atoms with E-state index in [1.54, 1.807) is 0 Å².